The number of hydrogen-bond acceptors (Lipinski definition) is 4. The highest BCUT2D eigenvalue weighted by Crippen LogP contribution is 2.24. The SMILES string of the molecule is CCOc1ccccc1NC(=O)c1cc(C(=O)NCC(C)C)ccn1. The summed E-state index contributed by atoms with van der Waals surface area (Å²) in [5, 5.41) is 5.59. The summed E-state index contributed by atoms with van der Waals surface area (Å²) in [7, 11) is 0. The fourth-order valence-corrected chi connectivity index (χ4v) is 2.13. The van der Waals surface area contributed by atoms with Crippen LogP contribution in [0, 0.1) is 5.92 Å². The van der Waals surface area contributed by atoms with Gasteiger partial charge in [-0.2, -0.15) is 0 Å². The first-order valence-corrected chi connectivity index (χ1v) is 8.28. The van der Waals surface area contributed by atoms with E-state index in [0.717, 1.165) is 0 Å². The number of anilines is 1. The molecular weight excluding hydrogens is 318 g/mol. The maximum absolute atomic E-state index is 12.5. The molecule has 1 heterocycles. The van der Waals surface area contributed by atoms with Gasteiger partial charge in [-0.25, -0.2) is 0 Å². The lowest BCUT2D eigenvalue weighted by Crippen LogP contribution is -2.27. The Labute approximate surface area is 147 Å². The highest BCUT2D eigenvalue weighted by Gasteiger charge is 2.14. The summed E-state index contributed by atoms with van der Waals surface area (Å²) < 4.78 is 5.49. The van der Waals surface area contributed by atoms with Crippen LogP contribution in [0.3, 0.4) is 0 Å². The smallest absolute Gasteiger partial charge is 0.274 e. The Morgan fingerprint density at radius 2 is 1.92 bits per heavy atom. The summed E-state index contributed by atoms with van der Waals surface area (Å²) in [6.45, 7) is 6.98. The van der Waals surface area contributed by atoms with Gasteiger partial charge in [0.2, 0.25) is 0 Å². The number of pyridine rings is 1. The number of nitrogens with one attached hydrogen (secondary N) is 2. The molecule has 0 aliphatic heterocycles. The van der Waals surface area contributed by atoms with E-state index in [9.17, 15) is 9.59 Å². The molecule has 6 heteroatoms. The number of nitrogens with zero attached hydrogens (tertiary/aromatic N) is 1. The quantitative estimate of drug-likeness (QED) is 0.811. The molecule has 132 valence electrons. The number of aromatic nitrogens is 1. The lowest BCUT2D eigenvalue weighted by atomic mass is 10.2. The predicted molar refractivity (Wildman–Crippen MR) is 97.0 cm³/mol. The predicted octanol–water partition coefficient (Wildman–Crippen LogP) is 3.12. The molecule has 6 nitrogen and oxygen atoms in total. The van der Waals surface area contributed by atoms with Crippen molar-refractivity contribution in [1.29, 1.82) is 0 Å². The second-order valence-corrected chi connectivity index (χ2v) is 5.92. The summed E-state index contributed by atoms with van der Waals surface area (Å²) in [5.41, 5.74) is 1.13. The van der Waals surface area contributed by atoms with E-state index in [0.29, 0.717) is 36.1 Å². The monoisotopic (exact) mass is 341 g/mol. The molecule has 0 saturated heterocycles. The second-order valence-electron chi connectivity index (χ2n) is 5.92. The first-order valence-electron chi connectivity index (χ1n) is 8.28. The molecule has 1 aromatic heterocycles. The summed E-state index contributed by atoms with van der Waals surface area (Å²) in [6.07, 6.45) is 1.45. The third kappa shape index (κ3) is 5.31. The van der Waals surface area contributed by atoms with Crippen LogP contribution in [0.1, 0.15) is 41.6 Å². The molecule has 0 saturated carbocycles. The number of rotatable bonds is 7. The Bertz CT molecular complexity index is 744. The molecule has 0 radical (unpaired) electrons. The highest BCUT2D eigenvalue weighted by atomic mass is 16.5. The normalized spacial score (nSPS) is 10.4. The van der Waals surface area contributed by atoms with E-state index < -0.39 is 5.91 Å². The minimum absolute atomic E-state index is 0.170. The van der Waals surface area contributed by atoms with Gasteiger partial charge in [-0.05, 0) is 37.1 Å². The van der Waals surface area contributed by atoms with Crippen LogP contribution >= 0.6 is 0 Å². The van der Waals surface area contributed by atoms with Gasteiger partial charge in [0.15, 0.2) is 0 Å². The molecule has 2 amide bonds. The number of carbonyl (C=O) groups excluding carboxylic acids is 2. The first kappa shape index (κ1) is 18.4. The molecule has 0 spiro atoms. The Kier molecular flexibility index (Phi) is 6.51. The Balaban J connectivity index is 2.12. The molecule has 2 aromatic rings. The van der Waals surface area contributed by atoms with Crippen LogP contribution < -0.4 is 15.4 Å². The van der Waals surface area contributed by atoms with E-state index in [1.165, 1.54) is 12.3 Å². The van der Waals surface area contributed by atoms with Gasteiger partial charge in [0.25, 0.3) is 11.8 Å². The third-order valence-electron chi connectivity index (χ3n) is 3.36. The number of ether oxygens (including phenoxy) is 1. The van der Waals surface area contributed by atoms with Crippen LogP contribution in [-0.4, -0.2) is 29.9 Å². The van der Waals surface area contributed by atoms with Gasteiger partial charge >= 0.3 is 0 Å². The van der Waals surface area contributed by atoms with Gasteiger partial charge in [-0.15, -0.1) is 0 Å². The van der Waals surface area contributed by atoms with Crippen molar-refractivity contribution in [3.8, 4) is 5.75 Å². The molecule has 0 aliphatic carbocycles. The van der Waals surface area contributed by atoms with Crippen molar-refractivity contribution >= 4 is 17.5 Å². The van der Waals surface area contributed by atoms with Crippen LogP contribution in [0.4, 0.5) is 5.69 Å². The summed E-state index contributed by atoms with van der Waals surface area (Å²) in [6, 6.07) is 10.2. The number of amides is 2. The first-order chi connectivity index (χ1) is 12.0. The summed E-state index contributed by atoms with van der Waals surface area (Å²) in [5.74, 6) is 0.318. The van der Waals surface area contributed by atoms with Crippen molar-refractivity contribution in [2.75, 3.05) is 18.5 Å². The fraction of sp³-hybridized carbons (Fsp3) is 0.316. The number of carbonyl (C=O) groups is 2. The van der Waals surface area contributed by atoms with E-state index in [1.807, 2.05) is 26.8 Å². The third-order valence-corrected chi connectivity index (χ3v) is 3.36. The van der Waals surface area contributed by atoms with Gasteiger partial charge in [-0.1, -0.05) is 26.0 Å². The van der Waals surface area contributed by atoms with E-state index in [-0.39, 0.29) is 11.6 Å². The Hall–Kier alpha value is -2.89. The van der Waals surface area contributed by atoms with Gasteiger partial charge in [-0.3, -0.25) is 14.6 Å². The molecule has 1 aromatic carbocycles. The number of para-hydroxylation sites is 2. The minimum atomic E-state index is -0.398. The molecule has 0 fully saturated rings. The van der Waals surface area contributed by atoms with Crippen LogP contribution in [0.15, 0.2) is 42.6 Å². The highest BCUT2D eigenvalue weighted by molar-refractivity contribution is 6.05. The lowest BCUT2D eigenvalue weighted by molar-refractivity contribution is 0.0949. The molecule has 25 heavy (non-hydrogen) atoms. The lowest BCUT2D eigenvalue weighted by Gasteiger charge is -2.11. The van der Waals surface area contributed by atoms with E-state index in [2.05, 4.69) is 15.6 Å². The van der Waals surface area contributed by atoms with Crippen molar-refractivity contribution < 1.29 is 14.3 Å². The van der Waals surface area contributed by atoms with E-state index in [1.54, 1.807) is 24.3 Å². The van der Waals surface area contributed by atoms with Crippen LogP contribution in [-0.2, 0) is 0 Å². The molecular formula is C19H23N3O3. The summed E-state index contributed by atoms with van der Waals surface area (Å²) >= 11 is 0. The summed E-state index contributed by atoms with van der Waals surface area (Å²) in [4.78, 5) is 28.6. The molecule has 0 aliphatic rings. The van der Waals surface area contributed by atoms with Gasteiger partial charge < -0.3 is 15.4 Å². The molecule has 0 unspecified atom stereocenters. The zero-order valence-corrected chi connectivity index (χ0v) is 14.7. The molecule has 0 atom stereocenters. The standard InChI is InChI=1S/C19H23N3O3/c1-4-25-17-8-6-5-7-15(17)22-19(24)16-11-14(9-10-20-16)18(23)21-12-13(2)3/h5-11,13H,4,12H2,1-3H3,(H,21,23)(H,22,24). The van der Waals surface area contributed by atoms with Gasteiger partial charge in [0, 0.05) is 18.3 Å². The van der Waals surface area contributed by atoms with Crippen molar-refractivity contribution in [1.82, 2.24) is 10.3 Å². The van der Waals surface area contributed by atoms with Crippen molar-refractivity contribution in [2.45, 2.75) is 20.8 Å². The zero-order valence-electron chi connectivity index (χ0n) is 14.7. The zero-order chi connectivity index (χ0) is 18.2. The van der Waals surface area contributed by atoms with Crippen molar-refractivity contribution in [3.05, 3.63) is 53.9 Å². The largest absolute Gasteiger partial charge is 0.492 e. The molecule has 2 rings (SSSR count). The van der Waals surface area contributed by atoms with Gasteiger partial charge in [0.05, 0.1) is 12.3 Å². The Morgan fingerprint density at radius 3 is 2.64 bits per heavy atom. The number of hydrogen-bond donors (Lipinski definition) is 2. The van der Waals surface area contributed by atoms with Crippen molar-refractivity contribution in [3.63, 3.8) is 0 Å². The number of benzene rings is 1. The topological polar surface area (TPSA) is 80.3 Å². The minimum Gasteiger partial charge on any atom is -0.492 e. The van der Waals surface area contributed by atoms with Gasteiger partial charge in [0.1, 0.15) is 11.4 Å². The molecule has 0 bridgehead atoms. The molecule has 2 N–H and O–H groups in total. The maximum atomic E-state index is 12.5. The van der Waals surface area contributed by atoms with Crippen molar-refractivity contribution in [2.24, 2.45) is 5.92 Å². The van der Waals surface area contributed by atoms with Crippen LogP contribution in [0.2, 0.25) is 0 Å². The average Bonchev–Trinajstić information content (AvgIpc) is 2.61. The van der Waals surface area contributed by atoms with Crippen LogP contribution in [0.5, 0.6) is 5.75 Å². The Morgan fingerprint density at radius 1 is 1.16 bits per heavy atom. The average molecular weight is 341 g/mol. The second kappa shape index (κ2) is 8.82. The maximum Gasteiger partial charge on any atom is 0.274 e. The van der Waals surface area contributed by atoms with E-state index >= 15 is 0 Å². The van der Waals surface area contributed by atoms with E-state index in [4.69, 9.17) is 4.74 Å². The fourth-order valence-electron chi connectivity index (χ4n) is 2.13. The van der Waals surface area contributed by atoms with Crippen LogP contribution in [0.25, 0.3) is 0 Å².